The summed E-state index contributed by atoms with van der Waals surface area (Å²) in [6.45, 7) is 1.53. The zero-order valence-electron chi connectivity index (χ0n) is 10.6. The highest BCUT2D eigenvalue weighted by Gasteiger charge is 2.41. The predicted octanol–water partition coefficient (Wildman–Crippen LogP) is 1.10. The van der Waals surface area contributed by atoms with Crippen molar-refractivity contribution < 1.29 is 18.7 Å². The van der Waals surface area contributed by atoms with Gasteiger partial charge in [-0.25, -0.2) is 4.39 Å². The average molecular weight is 256 g/mol. The maximum atomic E-state index is 13.1. The molecule has 1 unspecified atom stereocenters. The summed E-state index contributed by atoms with van der Waals surface area (Å²) in [4.78, 5) is 11.6. The highest BCUT2D eigenvalue weighted by atomic mass is 19.1. The van der Waals surface area contributed by atoms with Crippen molar-refractivity contribution in [3.8, 4) is 0 Å². The first kappa shape index (κ1) is 14.4. The lowest BCUT2D eigenvalue weighted by Crippen LogP contribution is -2.57. The first-order chi connectivity index (χ1) is 8.43. The molecule has 0 fully saturated rings. The number of hydrogen-bond donors (Lipinski definition) is 2. The number of halogens is 1. The fraction of sp³-hybridized carbons (Fsp3) is 0.417. The molecule has 1 aromatic carbocycles. The summed E-state index contributed by atoms with van der Waals surface area (Å²) in [6.07, 6.45) is -0.890. The van der Waals surface area contributed by atoms with Gasteiger partial charge in [0.25, 0.3) is 0 Å². The van der Waals surface area contributed by atoms with Gasteiger partial charge in [0.1, 0.15) is 5.82 Å². The molecule has 18 heavy (non-hydrogen) atoms. The van der Waals surface area contributed by atoms with Gasteiger partial charge in [-0.2, -0.15) is 0 Å². The maximum absolute atomic E-state index is 13.1. The van der Waals surface area contributed by atoms with Crippen LogP contribution in [0.25, 0.3) is 0 Å². The number of benzene rings is 1. The lowest BCUT2D eigenvalue weighted by molar-refractivity contribution is -0.155. The lowest BCUT2D eigenvalue weighted by atomic mass is 10.00. The number of rotatable bonds is 6. The van der Waals surface area contributed by atoms with E-state index >= 15 is 0 Å². The molecule has 1 aromatic rings. The van der Waals surface area contributed by atoms with Gasteiger partial charge in [-0.3, -0.25) is 4.79 Å². The third-order valence-electron chi connectivity index (χ3n) is 2.64. The average Bonchev–Trinajstić information content (AvgIpc) is 2.30. The summed E-state index contributed by atoms with van der Waals surface area (Å²) >= 11 is 0. The number of amides is 1. The van der Waals surface area contributed by atoms with Crippen molar-refractivity contribution in [1.82, 2.24) is 0 Å². The van der Waals surface area contributed by atoms with Gasteiger partial charge >= 0.3 is 0 Å². The highest BCUT2D eigenvalue weighted by Crippen LogP contribution is 2.21. The number of nitrogens with one attached hydrogen (secondary N) is 1. The minimum Gasteiger partial charge on any atom is -0.367 e. The molecule has 1 atom stereocenters. The van der Waals surface area contributed by atoms with Crippen LogP contribution in [0.2, 0.25) is 0 Å². The normalized spacial score (nSPS) is 14.3. The molecule has 3 N–H and O–H groups in total. The second-order valence-corrected chi connectivity index (χ2v) is 4.01. The monoisotopic (exact) mass is 256 g/mol. The second kappa shape index (κ2) is 5.79. The Hall–Kier alpha value is -1.66. The summed E-state index contributed by atoms with van der Waals surface area (Å²) in [5.74, 6) is -1.08. The van der Waals surface area contributed by atoms with Crippen molar-refractivity contribution >= 4 is 11.6 Å². The topological polar surface area (TPSA) is 73.6 Å². The van der Waals surface area contributed by atoms with Crippen LogP contribution in [0.4, 0.5) is 10.1 Å². The summed E-state index contributed by atoms with van der Waals surface area (Å²) in [5.41, 5.74) is 4.46. The van der Waals surface area contributed by atoms with E-state index in [0.717, 1.165) is 0 Å². The van der Waals surface area contributed by atoms with E-state index in [0.29, 0.717) is 5.69 Å². The number of carbonyl (C=O) groups excluding carboxylic acids is 1. The van der Waals surface area contributed by atoms with Crippen molar-refractivity contribution in [3.05, 3.63) is 30.1 Å². The Labute approximate surface area is 105 Å². The Kier molecular flexibility index (Phi) is 4.63. The molecule has 0 aliphatic carbocycles. The molecule has 0 aromatic heterocycles. The van der Waals surface area contributed by atoms with Crippen LogP contribution >= 0.6 is 0 Å². The Balaban J connectivity index is 3.03. The number of carbonyl (C=O) groups is 1. The molecule has 0 saturated heterocycles. The molecule has 0 aliphatic heterocycles. The molecular formula is C12H17FN2O3. The quantitative estimate of drug-likeness (QED) is 0.747. The van der Waals surface area contributed by atoms with E-state index in [1.807, 2.05) is 0 Å². The number of hydrogen-bond acceptors (Lipinski definition) is 4. The zero-order chi connectivity index (χ0) is 13.8. The molecule has 0 saturated carbocycles. The van der Waals surface area contributed by atoms with Crippen molar-refractivity contribution in [3.63, 3.8) is 0 Å². The van der Waals surface area contributed by atoms with Gasteiger partial charge in [0, 0.05) is 19.9 Å². The molecule has 5 nitrogen and oxygen atoms in total. The Morgan fingerprint density at radius 1 is 1.44 bits per heavy atom. The van der Waals surface area contributed by atoms with Crippen LogP contribution in [0.1, 0.15) is 6.92 Å². The van der Waals surface area contributed by atoms with Gasteiger partial charge in [0.2, 0.25) is 5.91 Å². The van der Waals surface area contributed by atoms with Crippen LogP contribution in [0, 0.1) is 5.82 Å². The smallest absolute Gasteiger partial charge is 0.248 e. The zero-order valence-corrected chi connectivity index (χ0v) is 10.6. The molecule has 6 heteroatoms. The molecule has 100 valence electrons. The molecule has 0 radical (unpaired) electrons. The van der Waals surface area contributed by atoms with Crippen molar-refractivity contribution in [2.24, 2.45) is 5.73 Å². The van der Waals surface area contributed by atoms with Crippen molar-refractivity contribution in [2.45, 2.75) is 18.8 Å². The van der Waals surface area contributed by atoms with E-state index in [1.54, 1.807) is 6.07 Å². The molecule has 0 spiro atoms. The van der Waals surface area contributed by atoms with Crippen LogP contribution in [0.3, 0.4) is 0 Å². The number of anilines is 1. The molecular weight excluding hydrogens is 239 g/mol. The van der Waals surface area contributed by atoms with Crippen molar-refractivity contribution in [1.29, 1.82) is 0 Å². The number of nitrogens with two attached hydrogens (primary N) is 1. The fourth-order valence-electron chi connectivity index (χ4n) is 1.67. The van der Waals surface area contributed by atoms with Gasteiger partial charge in [-0.15, -0.1) is 0 Å². The van der Waals surface area contributed by atoms with Gasteiger partial charge in [-0.05, 0) is 25.1 Å². The van der Waals surface area contributed by atoms with E-state index in [9.17, 15) is 9.18 Å². The van der Waals surface area contributed by atoms with Gasteiger partial charge < -0.3 is 20.5 Å². The summed E-state index contributed by atoms with van der Waals surface area (Å²) in [7, 11) is 2.78. The Morgan fingerprint density at radius 2 is 2.06 bits per heavy atom. The predicted molar refractivity (Wildman–Crippen MR) is 65.4 cm³/mol. The largest absolute Gasteiger partial charge is 0.367 e. The molecule has 1 rings (SSSR count). The van der Waals surface area contributed by atoms with E-state index in [-0.39, 0.29) is 0 Å². The van der Waals surface area contributed by atoms with Gasteiger partial charge in [-0.1, -0.05) is 6.07 Å². The van der Waals surface area contributed by atoms with Crippen LogP contribution in [-0.2, 0) is 14.3 Å². The third-order valence-corrected chi connectivity index (χ3v) is 2.64. The van der Waals surface area contributed by atoms with Crippen LogP contribution in [0.15, 0.2) is 24.3 Å². The Morgan fingerprint density at radius 3 is 2.50 bits per heavy atom. The highest BCUT2D eigenvalue weighted by molar-refractivity contribution is 5.88. The number of ether oxygens (including phenoxy) is 2. The third kappa shape index (κ3) is 2.96. The maximum Gasteiger partial charge on any atom is 0.248 e. The van der Waals surface area contributed by atoms with E-state index in [1.165, 1.54) is 39.3 Å². The fourth-order valence-corrected chi connectivity index (χ4v) is 1.67. The Bertz CT molecular complexity index is 424. The summed E-state index contributed by atoms with van der Waals surface area (Å²) in [5, 5.41) is 2.83. The number of primary amides is 1. The van der Waals surface area contributed by atoms with E-state index in [2.05, 4.69) is 5.32 Å². The van der Waals surface area contributed by atoms with E-state index < -0.39 is 23.6 Å². The second-order valence-electron chi connectivity index (χ2n) is 4.01. The van der Waals surface area contributed by atoms with Crippen LogP contribution in [0.5, 0.6) is 0 Å². The summed E-state index contributed by atoms with van der Waals surface area (Å²) < 4.78 is 23.2. The molecule has 0 aliphatic rings. The van der Waals surface area contributed by atoms with Gasteiger partial charge in [0.15, 0.2) is 11.8 Å². The minimum atomic E-state index is -1.31. The number of methoxy groups -OCH3 is 2. The van der Waals surface area contributed by atoms with Crippen LogP contribution in [-0.4, -0.2) is 32.0 Å². The van der Waals surface area contributed by atoms with Crippen molar-refractivity contribution in [2.75, 3.05) is 19.5 Å². The van der Waals surface area contributed by atoms with E-state index in [4.69, 9.17) is 15.2 Å². The van der Waals surface area contributed by atoms with Gasteiger partial charge in [0.05, 0.1) is 0 Å². The molecule has 0 heterocycles. The first-order valence-corrected chi connectivity index (χ1v) is 5.33. The minimum absolute atomic E-state index is 0.412. The standard InChI is InChI=1S/C12H17FN2O3/c1-12(10(14)16,11(17-2)18-3)15-9-6-4-5-8(13)7-9/h4-7,11,15H,1-3H3,(H2,14,16). The SMILES string of the molecule is COC(OC)C(C)(Nc1cccc(F)c1)C(N)=O. The summed E-state index contributed by atoms with van der Waals surface area (Å²) in [6, 6.07) is 5.70. The van der Waals surface area contributed by atoms with Crippen LogP contribution < -0.4 is 11.1 Å². The molecule has 0 bridgehead atoms. The molecule has 1 amide bonds. The first-order valence-electron chi connectivity index (χ1n) is 5.33. The lowest BCUT2D eigenvalue weighted by Gasteiger charge is -2.34.